The molecule has 12 heteroatoms. The molecule has 4 unspecified atom stereocenters. The number of carbonyl (C=O) groups excluding carboxylic acids is 4. The van der Waals surface area contributed by atoms with E-state index in [0.717, 1.165) is 0 Å². The van der Waals surface area contributed by atoms with Crippen molar-refractivity contribution in [3.63, 3.8) is 0 Å². The maximum atomic E-state index is 12.9. The third-order valence-corrected chi connectivity index (χ3v) is 5.80. The zero-order valence-corrected chi connectivity index (χ0v) is 21.0. The van der Waals surface area contributed by atoms with Crippen LogP contribution >= 0.6 is 11.8 Å². The van der Waals surface area contributed by atoms with Crippen molar-refractivity contribution in [1.82, 2.24) is 16.0 Å². The van der Waals surface area contributed by atoms with Crippen molar-refractivity contribution in [3.05, 3.63) is 35.9 Å². The molecule has 0 aliphatic rings. The lowest BCUT2D eigenvalue weighted by Gasteiger charge is -2.26. The van der Waals surface area contributed by atoms with Crippen LogP contribution in [0.5, 0.6) is 0 Å². The fraction of sp³-hybridized carbons (Fsp3) is 0.522. The third-order valence-electron chi connectivity index (χ3n) is 5.15. The second-order valence-corrected chi connectivity index (χ2v) is 9.42. The third kappa shape index (κ3) is 10.8. The molecule has 0 saturated carbocycles. The molecule has 1 aromatic rings. The molecular formula is C23H35N5O6S. The van der Waals surface area contributed by atoms with Gasteiger partial charge in [-0.2, -0.15) is 11.8 Å². The molecule has 8 N–H and O–H groups in total. The van der Waals surface area contributed by atoms with E-state index >= 15 is 0 Å². The fourth-order valence-corrected chi connectivity index (χ4v) is 3.65. The summed E-state index contributed by atoms with van der Waals surface area (Å²) in [6, 6.07) is 4.21. The number of nitrogens with two attached hydrogens (primary N) is 2. The van der Waals surface area contributed by atoms with Crippen molar-refractivity contribution in [2.24, 2.45) is 17.4 Å². The first-order valence-corrected chi connectivity index (χ1v) is 12.6. The Hall–Kier alpha value is -3.12. The van der Waals surface area contributed by atoms with Crippen molar-refractivity contribution in [3.8, 4) is 0 Å². The van der Waals surface area contributed by atoms with Crippen molar-refractivity contribution >= 4 is 41.4 Å². The van der Waals surface area contributed by atoms with Gasteiger partial charge in [-0.1, -0.05) is 44.2 Å². The van der Waals surface area contributed by atoms with Crippen LogP contribution in [0.15, 0.2) is 30.3 Å². The van der Waals surface area contributed by atoms with E-state index in [0.29, 0.717) is 17.7 Å². The number of carbonyl (C=O) groups is 5. The Morgan fingerprint density at radius 3 is 2.06 bits per heavy atom. The molecule has 0 aliphatic heterocycles. The van der Waals surface area contributed by atoms with Crippen LogP contribution in [-0.2, 0) is 30.4 Å². The highest BCUT2D eigenvalue weighted by atomic mass is 32.2. The lowest BCUT2D eigenvalue weighted by Crippen LogP contribution is -2.59. The topological polar surface area (TPSA) is 194 Å². The molecule has 0 aliphatic carbocycles. The largest absolute Gasteiger partial charge is 0.480 e. The smallest absolute Gasteiger partial charge is 0.326 e. The van der Waals surface area contributed by atoms with Gasteiger partial charge >= 0.3 is 5.97 Å². The second kappa shape index (κ2) is 15.0. The number of nitrogens with one attached hydrogen (secondary N) is 3. The molecule has 0 saturated heterocycles. The number of hydrogen-bond acceptors (Lipinski definition) is 7. The van der Waals surface area contributed by atoms with Gasteiger partial charge < -0.3 is 32.5 Å². The zero-order chi connectivity index (χ0) is 26.5. The van der Waals surface area contributed by atoms with Crippen molar-refractivity contribution in [2.45, 2.75) is 57.3 Å². The van der Waals surface area contributed by atoms with E-state index in [1.807, 2.05) is 6.26 Å². The molecule has 4 amide bonds. The van der Waals surface area contributed by atoms with Gasteiger partial charge in [-0.25, -0.2) is 4.79 Å². The number of amides is 4. The predicted octanol–water partition coefficient (Wildman–Crippen LogP) is -0.620. The summed E-state index contributed by atoms with van der Waals surface area (Å²) in [4.78, 5) is 61.4. The molecule has 4 atom stereocenters. The minimum Gasteiger partial charge on any atom is -0.480 e. The van der Waals surface area contributed by atoms with E-state index in [4.69, 9.17) is 11.5 Å². The van der Waals surface area contributed by atoms with Crippen LogP contribution in [0.4, 0.5) is 0 Å². The highest BCUT2D eigenvalue weighted by Crippen LogP contribution is 2.08. The SMILES string of the molecule is CSCCC(N)C(=O)NC(CC(N)=O)C(=O)NC(C(=O)NC(Cc1ccccc1)C(=O)O)C(C)C. The van der Waals surface area contributed by atoms with E-state index in [2.05, 4.69) is 16.0 Å². The van der Waals surface area contributed by atoms with Gasteiger partial charge in [0.1, 0.15) is 18.1 Å². The Balaban J connectivity index is 2.94. The first-order chi connectivity index (χ1) is 16.5. The molecule has 1 aromatic carbocycles. The predicted molar refractivity (Wildman–Crippen MR) is 133 cm³/mol. The average Bonchev–Trinajstić information content (AvgIpc) is 2.79. The zero-order valence-electron chi connectivity index (χ0n) is 20.2. The van der Waals surface area contributed by atoms with Gasteiger partial charge in [0.25, 0.3) is 0 Å². The quantitative estimate of drug-likeness (QED) is 0.180. The highest BCUT2D eigenvalue weighted by Gasteiger charge is 2.32. The molecule has 0 aromatic heterocycles. The molecule has 11 nitrogen and oxygen atoms in total. The lowest BCUT2D eigenvalue weighted by atomic mass is 10.0. The van der Waals surface area contributed by atoms with Crippen LogP contribution in [0.3, 0.4) is 0 Å². The van der Waals surface area contributed by atoms with Gasteiger partial charge in [-0.15, -0.1) is 0 Å². The van der Waals surface area contributed by atoms with Crippen molar-refractivity contribution in [1.29, 1.82) is 0 Å². The summed E-state index contributed by atoms with van der Waals surface area (Å²) in [6.45, 7) is 3.33. The number of thioether (sulfide) groups is 1. The number of carboxylic acid groups (broad SMARTS) is 1. The molecule has 35 heavy (non-hydrogen) atoms. The summed E-state index contributed by atoms with van der Waals surface area (Å²) in [7, 11) is 0. The molecule has 0 spiro atoms. The van der Waals surface area contributed by atoms with Crippen molar-refractivity contribution in [2.75, 3.05) is 12.0 Å². The first kappa shape index (κ1) is 29.9. The van der Waals surface area contributed by atoms with Crippen LogP contribution in [0.2, 0.25) is 0 Å². The number of aliphatic carboxylic acids is 1. The highest BCUT2D eigenvalue weighted by molar-refractivity contribution is 7.98. The molecular weight excluding hydrogens is 474 g/mol. The molecule has 194 valence electrons. The van der Waals surface area contributed by atoms with Crippen LogP contribution in [0.1, 0.15) is 32.3 Å². The van der Waals surface area contributed by atoms with Crippen LogP contribution in [0, 0.1) is 5.92 Å². The Morgan fingerprint density at radius 2 is 1.54 bits per heavy atom. The summed E-state index contributed by atoms with van der Waals surface area (Å²) in [5.41, 5.74) is 11.8. The molecule has 1 rings (SSSR count). The van der Waals surface area contributed by atoms with Gasteiger partial charge in [-0.05, 0) is 29.9 Å². The summed E-state index contributed by atoms with van der Waals surface area (Å²) in [5, 5.41) is 17.0. The van der Waals surface area contributed by atoms with Crippen molar-refractivity contribution < 1.29 is 29.1 Å². The van der Waals surface area contributed by atoms with Gasteiger partial charge in [0, 0.05) is 6.42 Å². The van der Waals surface area contributed by atoms with Crippen LogP contribution in [-0.4, -0.2) is 70.9 Å². The van der Waals surface area contributed by atoms with Gasteiger partial charge in [0.05, 0.1) is 12.5 Å². The van der Waals surface area contributed by atoms with Gasteiger partial charge in [-0.3, -0.25) is 19.2 Å². The van der Waals surface area contributed by atoms with E-state index in [1.54, 1.807) is 44.2 Å². The van der Waals surface area contributed by atoms with E-state index in [9.17, 15) is 29.1 Å². The summed E-state index contributed by atoms with van der Waals surface area (Å²) in [6.07, 6.45) is 1.78. The number of rotatable bonds is 15. The number of primary amides is 1. The molecule has 0 radical (unpaired) electrons. The normalized spacial score (nSPS) is 14.3. The van der Waals surface area contributed by atoms with Gasteiger partial charge in [0.15, 0.2) is 0 Å². The minimum atomic E-state index is -1.34. The van der Waals surface area contributed by atoms with E-state index in [1.165, 1.54) is 11.8 Å². The summed E-state index contributed by atoms with van der Waals surface area (Å²) in [5.74, 6) is -4.00. The lowest BCUT2D eigenvalue weighted by molar-refractivity contribution is -0.142. The fourth-order valence-electron chi connectivity index (χ4n) is 3.17. The maximum absolute atomic E-state index is 12.9. The van der Waals surface area contributed by atoms with E-state index < -0.39 is 66.1 Å². The van der Waals surface area contributed by atoms with Crippen LogP contribution in [0.25, 0.3) is 0 Å². The molecule has 0 bridgehead atoms. The Morgan fingerprint density at radius 1 is 0.943 bits per heavy atom. The number of carboxylic acids is 1. The summed E-state index contributed by atoms with van der Waals surface area (Å²) >= 11 is 1.51. The second-order valence-electron chi connectivity index (χ2n) is 8.44. The number of benzene rings is 1. The standard InChI is InChI=1S/C23H35N5O6S/c1-13(2)19(22(32)27-17(23(33)34)11-14-7-5-4-6-8-14)28-21(31)16(12-18(25)29)26-20(30)15(24)9-10-35-3/h4-8,13,15-17,19H,9-12,24H2,1-3H3,(H2,25,29)(H,26,30)(H,27,32)(H,28,31)(H,33,34). The Labute approximate surface area is 209 Å². The summed E-state index contributed by atoms with van der Waals surface area (Å²) < 4.78 is 0. The first-order valence-electron chi connectivity index (χ1n) is 11.2. The maximum Gasteiger partial charge on any atom is 0.326 e. The van der Waals surface area contributed by atoms with Gasteiger partial charge in [0.2, 0.25) is 23.6 Å². The minimum absolute atomic E-state index is 0.0506. The number of hydrogen-bond donors (Lipinski definition) is 6. The Bertz CT molecular complexity index is 882. The molecule has 0 fully saturated rings. The monoisotopic (exact) mass is 509 g/mol. The van der Waals surface area contributed by atoms with E-state index in [-0.39, 0.29) is 6.42 Å². The molecule has 0 heterocycles. The average molecular weight is 510 g/mol. The Kier molecular flexibility index (Phi) is 12.8. The van der Waals surface area contributed by atoms with Crippen LogP contribution < -0.4 is 27.4 Å².